The predicted molar refractivity (Wildman–Crippen MR) is 89.4 cm³/mol. The third kappa shape index (κ3) is 5.87. The molecule has 0 aliphatic rings. The third-order valence-corrected chi connectivity index (χ3v) is 3.40. The molecule has 0 aliphatic heterocycles. The van der Waals surface area contributed by atoms with Crippen molar-refractivity contribution in [2.45, 2.75) is 46.6 Å². The molecule has 0 aliphatic carbocycles. The Bertz CT molecular complexity index is 536. The van der Waals surface area contributed by atoms with Gasteiger partial charge in [-0.05, 0) is 51.5 Å². The number of anilines is 1. The lowest BCUT2D eigenvalue weighted by molar-refractivity contribution is -0.122. The van der Waals surface area contributed by atoms with Crippen LogP contribution >= 0.6 is 15.9 Å². The molecule has 0 aromatic heterocycles. The van der Waals surface area contributed by atoms with Gasteiger partial charge in [-0.15, -0.1) is 0 Å². The van der Waals surface area contributed by atoms with Gasteiger partial charge in [-0.25, -0.2) is 0 Å². The number of halogens is 1. The number of hydrogen-bond acceptors (Lipinski definition) is 2. The average molecular weight is 355 g/mol. The second-order valence-corrected chi connectivity index (χ2v) is 7.07. The van der Waals surface area contributed by atoms with E-state index in [9.17, 15) is 9.59 Å². The molecule has 21 heavy (non-hydrogen) atoms. The Morgan fingerprint density at radius 1 is 1.29 bits per heavy atom. The zero-order valence-corrected chi connectivity index (χ0v) is 14.9. The molecule has 1 aromatic carbocycles. The summed E-state index contributed by atoms with van der Waals surface area (Å²) in [5.74, 6) is -0.118. The summed E-state index contributed by atoms with van der Waals surface area (Å²) in [4.78, 5) is 25.4. The maximum Gasteiger partial charge on any atom is 0.223 e. The Balaban J connectivity index is 2.80. The SMILES string of the molecule is CC(=O)N(CCC(=O)NC(C)(C)C)c1ccc(Br)cc1C. The number of rotatable bonds is 4. The van der Waals surface area contributed by atoms with Gasteiger partial charge < -0.3 is 10.2 Å². The summed E-state index contributed by atoms with van der Waals surface area (Å²) in [7, 11) is 0. The summed E-state index contributed by atoms with van der Waals surface area (Å²) in [5.41, 5.74) is 1.58. The highest BCUT2D eigenvalue weighted by Crippen LogP contribution is 2.24. The van der Waals surface area contributed by atoms with E-state index in [0.717, 1.165) is 15.7 Å². The van der Waals surface area contributed by atoms with Crippen molar-refractivity contribution < 1.29 is 9.59 Å². The number of carbonyl (C=O) groups excluding carboxylic acids is 2. The Kier molecular flexibility index (Phi) is 5.96. The highest BCUT2D eigenvalue weighted by atomic mass is 79.9. The normalized spacial score (nSPS) is 11.1. The molecule has 0 spiro atoms. The van der Waals surface area contributed by atoms with Crippen molar-refractivity contribution in [1.29, 1.82) is 0 Å². The van der Waals surface area contributed by atoms with Crippen LogP contribution in [-0.4, -0.2) is 23.9 Å². The van der Waals surface area contributed by atoms with E-state index >= 15 is 0 Å². The van der Waals surface area contributed by atoms with Gasteiger partial charge in [-0.1, -0.05) is 15.9 Å². The van der Waals surface area contributed by atoms with Gasteiger partial charge in [-0.3, -0.25) is 9.59 Å². The van der Waals surface area contributed by atoms with Gasteiger partial charge in [0.2, 0.25) is 11.8 Å². The molecule has 0 radical (unpaired) electrons. The van der Waals surface area contributed by atoms with Crippen LogP contribution in [0.25, 0.3) is 0 Å². The van der Waals surface area contributed by atoms with Crippen LogP contribution < -0.4 is 10.2 Å². The van der Waals surface area contributed by atoms with Crippen LogP contribution in [-0.2, 0) is 9.59 Å². The lowest BCUT2D eigenvalue weighted by Gasteiger charge is -2.25. The van der Waals surface area contributed by atoms with Crippen molar-refractivity contribution in [3.05, 3.63) is 28.2 Å². The maximum atomic E-state index is 11.9. The molecule has 0 fully saturated rings. The van der Waals surface area contributed by atoms with Gasteiger partial charge in [0.15, 0.2) is 0 Å². The molecule has 4 nitrogen and oxygen atoms in total. The minimum atomic E-state index is -0.258. The largest absolute Gasteiger partial charge is 0.351 e. The second kappa shape index (κ2) is 7.07. The highest BCUT2D eigenvalue weighted by Gasteiger charge is 2.18. The number of hydrogen-bond donors (Lipinski definition) is 1. The summed E-state index contributed by atoms with van der Waals surface area (Å²) in [6.45, 7) is 9.65. The van der Waals surface area contributed by atoms with E-state index in [1.165, 1.54) is 6.92 Å². The van der Waals surface area contributed by atoms with Crippen LogP contribution in [0.5, 0.6) is 0 Å². The standard InChI is InChI=1S/C16H23BrN2O2/c1-11-10-13(17)6-7-14(11)19(12(2)20)9-8-15(21)18-16(3,4)5/h6-7,10H,8-9H2,1-5H3,(H,18,21). The lowest BCUT2D eigenvalue weighted by atomic mass is 10.1. The molecule has 2 amide bonds. The van der Waals surface area contributed by atoms with Gasteiger partial charge >= 0.3 is 0 Å². The van der Waals surface area contributed by atoms with Gasteiger partial charge in [0.25, 0.3) is 0 Å². The monoisotopic (exact) mass is 354 g/mol. The third-order valence-electron chi connectivity index (χ3n) is 2.91. The number of nitrogens with one attached hydrogen (secondary N) is 1. The van der Waals surface area contributed by atoms with Crippen molar-refractivity contribution in [1.82, 2.24) is 5.32 Å². The summed E-state index contributed by atoms with van der Waals surface area (Å²) < 4.78 is 0.970. The Labute approximate surface area is 135 Å². The summed E-state index contributed by atoms with van der Waals surface area (Å²) in [6, 6.07) is 5.75. The molecule has 0 bridgehead atoms. The summed E-state index contributed by atoms with van der Waals surface area (Å²) in [5, 5.41) is 2.90. The molecule has 0 atom stereocenters. The maximum absolute atomic E-state index is 11.9. The minimum absolute atomic E-state index is 0.0523. The fourth-order valence-corrected chi connectivity index (χ4v) is 2.54. The van der Waals surface area contributed by atoms with E-state index in [1.54, 1.807) is 4.90 Å². The molecule has 1 aromatic rings. The molecule has 1 rings (SSSR count). The zero-order valence-electron chi connectivity index (χ0n) is 13.3. The van der Waals surface area contributed by atoms with E-state index < -0.39 is 0 Å². The van der Waals surface area contributed by atoms with Crippen LogP contribution in [0.15, 0.2) is 22.7 Å². The molecule has 116 valence electrons. The Morgan fingerprint density at radius 2 is 1.90 bits per heavy atom. The Hall–Kier alpha value is -1.36. The summed E-state index contributed by atoms with van der Waals surface area (Å²) >= 11 is 3.41. The van der Waals surface area contributed by atoms with Crippen molar-refractivity contribution in [2.24, 2.45) is 0 Å². The van der Waals surface area contributed by atoms with Crippen molar-refractivity contribution >= 4 is 33.4 Å². The van der Waals surface area contributed by atoms with E-state index in [1.807, 2.05) is 45.9 Å². The lowest BCUT2D eigenvalue weighted by Crippen LogP contribution is -2.42. The first-order valence-corrected chi connectivity index (χ1v) is 7.75. The van der Waals surface area contributed by atoms with Gasteiger partial charge in [0, 0.05) is 35.6 Å². The molecule has 1 N–H and O–H groups in total. The smallest absolute Gasteiger partial charge is 0.223 e. The molecule has 0 unspecified atom stereocenters. The molecular weight excluding hydrogens is 332 g/mol. The number of aryl methyl sites for hydroxylation is 1. The molecule has 0 saturated heterocycles. The zero-order chi connectivity index (χ0) is 16.2. The van der Waals surface area contributed by atoms with Gasteiger partial charge in [0.1, 0.15) is 0 Å². The van der Waals surface area contributed by atoms with E-state index in [2.05, 4.69) is 21.2 Å². The quantitative estimate of drug-likeness (QED) is 0.900. The van der Waals surface area contributed by atoms with Gasteiger partial charge in [-0.2, -0.15) is 0 Å². The first-order chi connectivity index (χ1) is 9.60. The number of nitrogens with zero attached hydrogens (tertiary/aromatic N) is 1. The van der Waals surface area contributed by atoms with Crippen molar-refractivity contribution in [2.75, 3.05) is 11.4 Å². The minimum Gasteiger partial charge on any atom is -0.351 e. The van der Waals surface area contributed by atoms with E-state index in [0.29, 0.717) is 6.54 Å². The van der Waals surface area contributed by atoms with Crippen LogP contribution in [0, 0.1) is 6.92 Å². The first-order valence-electron chi connectivity index (χ1n) is 6.95. The van der Waals surface area contributed by atoms with Crippen LogP contribution in [0.4, 0.5) is 5.69 Å². The molecule has 5 heteroatoms. The summed E-state index contributed by atoms with van der Waals surface area (Å²) in [6.07, 6.45) is 0.284. The van der Waals surface area contributed by atoms with Crippen LogP contribution in [0.1, 0.15) is 39.7 Å². The van der Waals surface area contributed by atoms with Crippen molar-refractivity contribution in [3.63, 3.8) is 0 Å². The number of carbonyl (C=O) groups is 2. The fourth-order valence-electron chi connectivity index (χ4n) is 2.06. The van der Waals surface area contributed by atoms with E-state index in [4.69, 9.17) is 0 Å². The molecular formula is C16H23BrN2O2. The highest BCUT2D eigenvalue weighted by molar-refractivity contribution is 9.10. The van der Waals surface area contributed by atoms with E-state index in [-0.39, 0.29) is 23.8 Å². The molecule has 0 heterocycles. The predicted octanol–water partition coefficient (Wildman–Crippen LogP) is 3.42. The van der Waals surface area contributed by atoms with Crippen LogP contribution in [0.3, 0.4) is 0 Å². The fraction of sp³-hybridized carbons (Fsp3) is 0.500. The van der Waals surface area contributed by atoms with Crippen LogP contribution in [0.2, 0.25) is 0 Å². The number of amides is 2. The average Bonchev–Trinajstić information content (AvgIpc) is 2.29. The van der Waals surface area contributed by atoms with Crippen molar-refractivity contribution in [3.8, 4) is 0 Å². The second-order valence-electron chi connectivity index (χ2n) is 6.15. The number of benzene rings is 1. The molecule has 0 saturated carbocycles. The van der Waals surface area contributed by atoms with Gasteiger partial charge in [0.05, 0.1) is 0 Å². The topological polar surface area (TPSA) is 49.4 Å². The Morgan fingerprint density at radius 3 is 2.38 bits per heavy atom. The first kappa shape index (κ1) is 17.7.